The van der Waals surface area contributed by atoms with Crippen molar-refractivity contribution < 1.29 is 9.47 Å². The van der Waals surface area contributed by atoms with Gasteiger partial charge in [0, 0.05) is 38.0 Å². The van der Waals surface area contributed by atoms with E-state index in [0.717, 1.165) is 18.8 Å². The number of ether oxygens (including phenoxy) is 2. The van der Waals surface area contributed by atoms with Gasteiger partial charge < -0.3 is 14.4 Å². The minimum Gasteiger partial charge on any atom is -0.375 e. The molecular formula is C22H42N2O2S. The molecule has 1 saturated carbocycles. The maximum atomic E-state index is 6.32. The van der Waals surface area contributed by atoms with Crippen molar-refractivity contribution in [3.8, 4) is 0 Å². The molecule has 0 aromatic carbocycles. The van der Waals surface area contributed by atoms with Crippen LogP contribution < -0.4 is 0 Å². The van der Waals surface area contributed by atoms with Crippen LogP contribution in [0.3, 0.4) is 0 Å². The molecule has 0 atom stereocenters. The highest BCUT2D eigenvalue weighted by molar-refractivity contribution is 7.81. The van der Waals surface area contributed by atoms with Gasteiger partial charge in [-0.15, -0.1) is 12.6 Å². The maximum Gasteiger partial charge on any atom is 0.105 e. The summed E-state index contributed by atoms with van der Waals surface area (Å²) in [4.78, 5) is 5.01. The number of likely N-dealkylation sites (tertiary alicyclic amines) is 2. The second-order valence-corrected chi connectivity index (χ2v) is 11.6. The SMILES string of the molecule is CC(C)(S)OC1CC(OC2CCN(CC3CCN(C(C)(C)C)CC3)CC2)C1. The molecule has 0 amide bonds. The first-order valence-corrected chi connectivity index (χ1v) is 11.6. The highest BCUT2D eigenvalue weighted by Crippen LogP contribution is 2.33. The Morgan fingerprint density at radius 3 is 1.93 bits per heavy atom. The van der Waals surface area contributed by atoms with Gasteiger partial charge in [-0.2, -0.15) is 0 Å². The van der Waals surface area contributed by atoms with Crippen molar-refractivity contribution in [1.29, 1.82) is 0 Å². The Hall–Kier alpha value is 0.190. The molecule has 3 aliphatic rings. The summed E-state index contributed by atoms with van der Waals surface area (Å²) in [5.74, 6) is 0.884. The molecule has 0 radical (unpaired) electrons. The molecule has 0 spiro atoms. The van der Waals surface area contributed by atoms with Gasteiger partial charge >= 0.3 is 0 Å². The van der Waals surface area contributed by atoms with E-state index in [1.807, 2.05) is 13.8 Å². The molecular weight excluding hydrogens is 356 g/mol. The molecule has 1 aliphatic carbocycles. The molecule has 27 heavy (non-hydrogen) atoms. The zero-order valence-corrected chi connectivity index (χ0v) is 19.1. The molecule has 0 aromatic rings. The lowest BCUT2D eigenvalue weighted by Gasteiger charge is -2.43. The second-order valence-electron chi connectivity index (χ2n) is 10.5. The molecule has 0 N–H and O–H groups in total. The summed E-state index contributed by atoms with van der Waals surface area (Å²) in [6.07, 6.45) is 8.39. The topological polar surface area (TPSA) is 24.9 Å². The van der Waals surface area contributed by atoms with Crippen LogP contribution in [0.2, 0.25) is 0 Å². The summed E-state index contributed by atoms with van der Waals surface area (Å²) >= 11 is 4.45. The molecule has 2 aliphatic heterocycles. The van der Waals surface area contributed by atoms with Crippen molar-refractivity contribution >= 4 is 12.6 Å². The second kappa shape index (κ2) is 8.91. The average molecular weight is 399 g/mol. The average Bonchev–Trinajstić information content (AvgIpc) is 2.53. The molecule has 2 saturated heterocycles. The fourth-order valence-electron chi connectivity index (χ4n) is 4.78. The highest BCUT2D eigenvalue weighted by atomic mass is 32.1. The van der Waals surface area contributed by atoms with Gasteiger partial charge in [-0.1, -0.05) is 0 Å². The molecule has 3 fully saturated rings. The van der Waals surface area contributed by atoms with Crippen LogP contribution in [-0.2, 0) is 9.47 Å². The van der Waals surface area contributed by atoms with Crippen LogP contribution in [-0.4, -0.2) is 71.3 Å². The van der Waals surface area contributed by atoms with Gasteiger partial charge in [-0.05, 0) is 79.3 Å². The predicted octanol–water partition coefficient (Wildman–Crippen LogP) is 4.19. The molecule has 3 rings (SSSR count). The van der Waals surface area contributed by atoms with Crippen molar-refractivity contribution in [2.75, 3.05) is 32.7 Å². The van der Waals surface area contributed by atoms with E-state index in [0.29, 0.717) is 23.9 Å². The van der Waals surface area contributed by atoms with Crippen LogP contribution in [0.5, 0.6) is 0 Å². The lowest BCUT2D eigenvalue weighted by Crippen LogP contribution is -2.49. The molecule has 0 unspecified atom stereocenters. The third kappa shape index (κ3) is 6.88. The van der Waals surface area contributed by atoms with E-state index in [1.165, 1.54) is 58.4 Å². The van der Waals surface area contributed by atoms with Crippen molar-refractivity contribution in [1.82, 2.24) is 9.80 Å². The van der Waals surface area contributed by atoms with Crippen molar-refractivity contribution in [3.05, 3.63) is 0 Å². The lowest BCUT2D eigenvalue weighted by molar-refractivity contribution is -0.152. The van der Waals surface area contributed by atoms with Crippen molar-refractivity contribution in [3.63, 3.8) is 0 Å². The van der Waals surface area contributed by atoms with Crippen LogP contribution in [0.25, 0.3) is 0 Å². The quantitative estimate of drug-likeness (QED) is 0.536. The van der Waals surface area contributed by atoms with Gasteiger partial charge in [0.15, 0.2) is 0 Å². The molecule has 0 bridgehead atoms. The van der Waals surface area contributed by atoms with E-state index in [1.54, 1.807) is 0 Å². The predicted molar refractivity (Wildman–Crippen MR) is 116 cm³/mol. The highest BCUT2D eigenvalue weighted by Gasteiger charge is 2.36. The lowest BCUT2D eigenvalue weighted by atomic mass is 9.90. The van der Waals surface area contributed by atoms with Crippen LogP contribution in [0.1, 0.15) is 73.1 Å². The van der Waals surface area contributed by atoms with Gasteiger partial charge in [0.25, 0.3) is 0 Å². The third-order valence-corrected chi connectivity index (χ3v) is 6.61. The smallest absolute Gasteiger partial charge is 0.105 e. The third-order valence-electron chi connectivity index (χ3n) is 6.51. The first kappa shape index (κ1) is 21.9. The van der Waals surface area contributed by atoms with E-state index in [4.69, 9.17) is 9.47 Å². The van der Waals surface area contributed by atoms with Crippen LogP contribution in [0.4, 0.5) is 0 Å². The van der Waals surface area contributed by atoms with Gasteiger partial charge in [0.05, 0.1) is 18.3 Å². The molecule has 5 heteroatoms. The fraction of sp³-hybridized carbons (Fsp3) is 1.00. The van der Waals surface area contributed by atoms with Crippen molar-refractivity contribution in [2.24, 2.45) is 5.92 Å². The summed E-state index contributed by atoms with van der Waals surface area (Å²) in [7, 11) is 0. The number of hydrogen-bond acceptors (Lipinski definition) is 5. The largest absolute Gasteiger partial charge is 0.375 e. The summed E-state index contributed by atoms with van der Waals surface area (Å²) < 4.78 is 12.2. The minimum absolute atomic E-state index is 0.328. The maximum absolute atomic E-state index is 6.32. The van der Waals surface area contributed by atoms with Gasteiger partial charge in [-0.3, -0.25) is 4.90 Å². The Balaban J connectivity index is 1.28. The summed E-state index contributed by atoms with van der Waals surface area (Å²) in [5.41, 5.74) is 0.328. The molecule has 2 heterocycles. The van der Waals surface area contributed by atoms with E-state index in [-0.39, 0.29) is 4.93 Å². The zero-order chi connectivity index (χ0) is 19.7. The number of nitrogens with zero attached hydrogens (tertiary/aromatic N) is 2. The van der Waals surface area contributed by atoms with E-state index in [9.17, 15) is 0 Å². The van der Waals surface area contributed by atoms with E-state index >= 15 is 0 Å². The standard InChI is InChI=1S/C22H42N2O2S/c1-21(2,3)24-12-6-17(7-13-24)16-23-10-8-18(9-11-23)25-19-14-20(15-19)26-22(4,5)27/h17-20,27H,6-16H2,1-5H3. The first-order valence-electron chi connectivity index (χ1n) is 11.1. The summed E-state index contributed by atoms with van der Waals surface area (Å²) in [5, 5.41) is 0. The van der Waals surface area contributed by atoms with Gasteiger partial charge in [0.1, 0.15) is 4.93 Å². The number of piperidine rings is 2. The Bertz CT molecular complexity index is 452. The normalized spacial score (nSPS) is 30.4. The van der Waals surface area contributed by atoms with E-state index in [2.05, 4.69) is 43.2 Å². The summed E-state index contributed by atoms with van der Waals surface area (Å²) in [6.45, 7) is 17.3. The minimum atomic E-state index is -0.329. The first-order chi connectivity index (χ1) is 12.6. The number of thiol groups is 1. The van der Waals surface area contributed by atoms with Gasteiger partial charge in [0.2, 0.25) is 0 Å². The Morgan fingerprint density at radius 1 is 0.815 bits per heavy atom. The van der Waals surface area contributed by atoms with Crippen LogP contribution in [0.15, 0.2) is 0 Å². The van der Waals surface area contributed by atoms with Gasteiger partial charge in [-0.25, -0.2) is 0 Å². The Labute approximate surface area is 172 Å². The molecule has 4 nitrogen and oxygen atoms in total. The van der Waals surface area contributed by atoms with Crippen molar-refractivity contribution in [2.45, 2.75) is 102 Å². The van der Waals surface area contributed by atoms with E-state index < -0.39 is 0 Å². The molecule has 0 aromatic heterocycles. The fourth-order valence-corrected chi connectivity index (χ4v) is 4.93. The number of rotatable bonds is 6. The Morgan fingerprint density at radius 2 is 1.41 bits per heavy atom. The number of hydrogen-bond donors (Lipinski definition) is 1. The summed E-state index contributed by atoms with van der Waals surface area (Å²) in [6, 6.07) is 0. The zero-order valence-electron chi connectivity index (χ0n) is 18.2. The van der Waals surface area contributed by atoms with Crippen LogP contribution in [0, 0.1) is 5.92 Å². The Kier molecular flexibility index (Phi) is 7.22. The molecule has 158 valence electrons. The monoisotopic (exact) mass is 398 g/mol. The van der Waals surface area contributed by atoms with Crippen LogP contribution >= 0.6 is 12.6 Å².